The average molecular weight is 603 g/mol. The average Bonchev–Trinajstić information content (AvgIpc) is 3.61. The number of carbonyl (C=O) groups is 2. The number of ether oxygens (including phenoxy) is 2. The number of halogens is 2. The van der Waals surface area contributed by atoms with Crippen molar-refractivity contribution in [2.75, 3.05) is 26.0 Å². The molecule has 12 nitrogen and oxygen atoms in total. The number of aromatic nitrogens is 5. The maximum Gasteiger partial charge on any atom is 0.387 e. The quantitative estimate of drug-likeness (QED) is 0.260. The molecule has 0 unspecified atom stereocenters. The van der Waals surface area contributed by atoms with Gasteiger partial charge in [-0.15, -0.1) is 0 Å². The summed E-state index contributed by atoms with van der Waals surface area (Å²) < 4.78 is 40.8. The first kappa shape index (κ1) is 28.7. The van der Waals surface area contributed by atoms with Crippen molar-refractivity contribution in [1.29, 1.82) is 0 Å². The molecule has 0 aliphatic carbocycles. The van der Waals surface area contributed by atoms with Gasteiger partial charge in [-0.2, -0.15) is 19.0 Å². The maximum atomic E-state index is 13.5. The minimum Gasteiger partial charge on any atom is -0.457 e. The molecule has 0 saturated heterocycles. The fraction of sp³-hybridized carbons (Fsp3) is 0.233. The Morgan fingerprint density at radius 3 is 2.77 bits per heavy atom. The lowest BCUT2D eigenvalue weighted by Gasteiger charge is -2.18. The minimum atomic E-state index is -3.13. The van der Waals surface area contributed by atoms with Crippen LogP contribution in [0.5, 0.6) is 17.2 Å². The Kier molecular flexibility index (Phi) is 7.89. The van der Waals surface area contributed by atoms with Crippen LogP contribution < -0.4 is 20.1 Å². The van der Waals surface area contributed by atoms with Crippen LogP contribution in [0.15, 0.2) is 67.3 Å². The molecule has 2 amide bonds. The second-order valence-electron chi connectivity index (χ2n) is 10.3. The summed E-state index contributed by atoms with van der Waals surface area (Å²) in [6.07, 6.45) is 6.91. The standard InChI is InChI=1S/C30H28F2N8O4/c1-38(2)26(41)17-39-16-24(36-29(42)23-15-35-40-11-3-9-34-28(23)40)27(37-39)22-13-21(6-7-25(22)44-30(31)32)43-20-5-4-18-8-10-33-14-19(18)12-20/h3-7,9,11-13,15-16,30,33H,8,10,14,17H2,1-2H3,(H,36,42). The van der Waals surface area contributed by atoms with Gasteiger partial charge in [0.1, 0.15) is 35.1 Å². The van der Waals surface area contributed by atoms with Crippen LogP contribution in [0.25, 0.3) is 16.9 Å². The van der Waals surface area contributed by atoms with E-state index in [4.69, 9.17) is 9.47 Å². The number of nitrogens with one attached hydrogen (secondary N) is 2. The normalized spacial score (nSPS) is 12.7. The van der Waals surface area contributed by atoms with Gasteiger partial charge in [0.05, 0.1) is 17.4 Å². The van der Waals surface area contributed by atoms with Crippen molar-refractivity contribution in [2.24, 2.45) is 0 Å². The molecule has 4 heterocycles. The zero-order chi connectivity index (χ0) is 30.8. The summed E-state index contributed by atoms with van der Waals surface area (Å²) in [5, 5.41) is 14.8. The molecule has 5 aromatic rings. The number of carbonyl (C=O) groups excluding carboxylic acids is 2. The molecule has 2 N–H and O–H groups in total. The number of benzene rings is 2. The first-order valence-corrected chi connectivity index (χ1v) is 13.7. The van der Waals surface area contributed by atoms with Gasteiger partial charge in [-0.1, -0.05) is 6.07 Å². The van der Waals surface area contributed by atoms with Gasteiger partial charge in [0.25, 0.3) is 5.91 Å². The summed E-state index contributed by atoms with van der Waals surface area (Å²) in [6.45, 7) is -1.68. The predicted octanol–water partition coefficient (Wildman–Crippen LogP) is 3.97. The van der Waals surface area contributed by atoms with E-state index in [0.29, 0.717) is 23.7 Å². The van der Waals surface area contributed by atoms with Crippen LogP contribution in [0.3, 0.4) is 0 Å². The van der Waals surface area contributed by atoms with Crippen LogP contribution in [0.4, 0.5) is 14.5 Å². The summed E-state index contributed by atoms with van der Waals surface area (Å²) in [5.74, 6) is -0.138. The number of nitrogens with zero attached hydrogens (tertiary/aromatic N) is 6. The molecule has 2 aromatic carbocycles. The molecule has 1 aliphatic rings. The Labute approximate surface area is 250 Å². The van der Waals surface area contributed by atoms with Crippen LogP contribution >= 0.6 is 0 Å². The Bertz CT molecular complexity index is 1850. The highest BCUT2D eigenvalue weighted by Crippen LogP contribution is 2.39. The highest BCUT2D eigenvalue weighted by molar-refractivity contribution is 6.09. The largest absolute Gasteiger partial charge is 0.457 e. The number of hydrogen-bond donors (Lipinski definition) is 2. The molecule has 14 heteroatoms. The van der Waals surface area contributed by atoms with Crippen LogP contribution in [-0.4, -0.2) is 68.3 Å². The molecular formula is C30H28F2N8O4. The highest BCUT2D eigenvalue weighted by Gasteiger charge is 2.23. The van der Waals surface area contributed by atoms with Gasteiger partial charge in [-0.25, -0.2) is 9.50 Å². The Balaban J connectivity index is 1.39. The molecule has 0 saturated carbocycles. The van der Waals surface area contributed by atoms with E-state index in [9.17, 15) is 18.4 Å². The molecule has 0 radical (unpaired) electrons. The van der Waals surface area contributed by atoms with E-state index >= 15 is 0 Å². The SMILES string of the molecule is CN(C)C(=O)Cn1cc(NC(=O)c2cnn3cccnc23)c(-c2cc(Oc3ccc4c(c3)CNCC4)ccc2OC(F)F)n1. The monoisotopic (exact) mass is 602 g/mol. The van der Waals surface area contributed by atoms with Crippen molar-refractivity contribution >= 4 is 23.1 Å². The third kappa shape index (κ3) is 6.06. The van der Waals surface area contributed by atoms with Crippen molar-refractivity contribution in [1.82, 2.24) is 34.6 Å². The van der Waals surface area contributed by atoms with Crippen molar-refractivity contribution in [3.8, 4) is 28.5 Å². The molecule has 0 spiro atoms. The molecule has 0 fully saturated rings. The predicted molar refractivity (Wildman–Crippen MR) is 156 cm³/mol. The molecule has 0 atom stereocenters. The summed E-state index contributed by atoms with van der Waals surface area (Å²) >= 11 is 0. The molecule has 0 bridgehead atoms. The second kappa shape index (κ2) is 12.1. The van der Waals surface area contributed by atoms with E-state index in [1.165, 1.54) is 56.5 Å². The Hall–Kier alpha value is -5.37. The van der Waals surface area contributed by atoms with E-state index in [-0.39, 0.29) is 40.7 Å². The number of hydrogen-bond acceptors (Lipinski definition) is 8. The van der Waals surface area contributed by atoms with Crippen LogP contribution in [0.1, 0.15) is 21.5 Å². The van der Waals surface area contributed by atoms with E-state index in [2.05, 4.69) is 25.8 Å². The lowest BCUT2D eigenvalue weighted by molar-refractivity contribution is -0.129. The smallest absolute Gasteiger partial charge is 0.387 e. The van der Waals surface area contributed by atoms with Crippen LogP contribution in [0, 0.1) is 0 Å². The topological polar surface area (TPSA) is 128 Å². The van der Waals surface area contributed by atoms with Crippen LogP contribution in [0.2, 0.25) is 0 Å². The lowest BCUT2D eigenvalue weighted by atomic mass is 10.0. The van der Waals surface area contributed by atoms with Crippen molar-refractivity contribution in [2.45, 2.75) is 26.1 Å². The van der Waals surface area contributed by atoms with Gasteiger partial charge in [0.2, 0.25) is 5.91 Å². The van der Waals surface area contributed by atoms with E-state index in [1.807, 2.05) is 18.2 Å². The first-order valence-electron chi connectivity index (χ1n) is 13.7. The third-order valence-corrected chi connectivity index (χ3v) is 7.05. The number of rotatable bonds is 9. The van der Waals surface area contributed by atoms with Gasteiger partial charge in [-0.05, 0) is 60.5 Å². The maximum absolute atomic E-state index is 13.5. The molecular weight excluding hydrogens is 574 g/mol. The molecule has 44 heavy (non-hydrogen) atoms. The van der Waals surface area contributed by atoms with Crippen molar-refractivity contribution in [3.63, 3.8) is 0 Å². The second-order valence-corrected chi connectivity index (χ2v) is 10.3. The fourth-order valence-corrected chi connectivity index (χ4v) is 4.86. The highest BCUT2D eigenvalue weighted by atomic mass is 19.3. The van der Waals surface area contributed by atoms with Gasteiger partial charge < -0.3 is 25.0 Å². The number of anilines is 1. The van der Waals surface area contributed by atoms with Crippen LogP contribution in [-0.2, 0) is 24.3 Å². The number of alkyl halides is 2. The van der Waals surface area contributed by atoms with Crippen molar-refractivity contribution in [3.05, 3.63) is 83.9 Å². The minimum absolute atomic E-state index is 0.0880. The van der Waals surface area contributed by atoms with E-state index < -0.39 is 12.5 Å². The number of fused-ring (bicyclic) bond motifs is 2. The van der Waals surface area contributed by atoms with Gasteiger partial charge >= 0.3 is 6.61 Å². The molecule has 6 rings (SSSR count). The molecule has 1 aliphatic heterocycles. The Morgan fingerprint density at radius 2 is 1.95 bits per heavy atom. The van der Waals surface area contributed by atoms with E-state index in [1.54, 1.807) is 26.4 Å². The molecule has 226 valence electrons. The van der Waals surface area contributed by atoms with E-state index in [0.717, 1.165) is 18.5 Å². The third-order valence-electron chi connectivity index (χ3n) is 7.05. The first-order chi connectivity index (χ1) is 21.2. The fourth-order valence-electron chi connectivity index (χ4n) is 4.86. The number of amides is 2. The van der Waals surface area contributed by atoms with Gasteiger partial charge in [-0.3, -0.25) is 14.3 Å². The zero-order valence-corrected chi connectivity index (χ0v) is 23.8. The van der Waals surface area contributed by atoms with Gasteiger partial charge in [0.15, 0.2) is 5.65 Å². The van der Waals surface area contributed by atoms with Gasteiger partial charge in [0, 0.05) is 39.2 Å². The molecule has 3 aromatic heterocycles. The van der Waals surface area contributed by atoms with Crippen molar-refractivity contribution < 1.29 is 27.8 Å². The zero-order valence-electron chi connectivity index (χ0n) is 23.8. The Morgan fingerprint density at radius 1 is 1.14 bits per heavy atom. The lowest BCUT2D eigenvalue weighted by Crippen LogP contribution is -2.26. The summed E-state index contributed by atoms with van der Waals surface area (Å²) in [7, 11) is 3.19. The number of likely N-dealkylation sites (N-methyl/N-ethyl adjacent to an activating group) is 1. The summed E-state index contributed by atoms with van der Waals surface area (Å²) in [6, 6.07) is 11.8. The summed E-state index contributed by atoms with van der Waals surface area (Å²) in [5.41, 5.74) is 3.20. The summed E-state index contributed by atoms with van der Waals surface area (Å²) in [4.78, 5) is 31.5.